The molecule has 1 nitrogen and oxygen atoms in total. The predicted molar refractivity (Wildman–Crippen MR) is 78.6 cm³/mol. The standard InChI is InChI=1S/C12H12Cl5O/c13-11(14,12(15,16)17)10-6-4-9(5-7-10)3-1-2-8-18/h4-7H,1-3,8H2. The summed E-state index contributed by atoms with van der Waals surface area (Å²) in [7, 11) is 0. The van der Waals surface area contributed by atoms with E-state index in [1.165, 1.54) is 0 Å². The monoisotopic (exact) mass is 347 g/mol. The van der Waals surface area contributed by atoms with E-state index in [0.717, 1.165) is 18.4 Å². The van der Waals surface area contributed by atoms with Crippen molar-refractivity contribution in [2.75, 3.05) is 6.61 Å². The number of unbranched alkanes of at least 4 members (excludes halogenated alkanes) is 1. The van der Waals surface area contributed by atoms with Crippen LogP contribution in [0.25, 0.3) is 0 Å². The Balaban J connectivity index is 2.77. The molecule has 1 radical (unpaired) electrons. The van der Waals surface area contributed by atoms with Gasteiger partial charge in [0.1, 0.15) is 0 Å². The van der Waals surface area contributed by atoms with Crippen molar-refractivity contribution in [3.63, 3.8) is 0 Å². The van der Waals surface area contributed by atoms with Crippen LogP contribution in [0.2, 0.25) is 0 Å². The first-order valence-corrected chi connectivity index (χ1v) is 7.30. The van der Waals surface area contributed by atoms with Crippen LogP contribution in [0.4, 0.5) is 0 Å². The largest absolute Gasteiger partial charge is 0.237 e. The molecular weight excluding hydrogens is 337 g/mol. The molecule has 0 aliphatic heterocycles. The zero-order chi connectivity index (χ0) is 13.8. The van der Waals surface area contributed by atoms with Crippen LogP contribution in [-0.4, -0.2) is 10.4 Å². The molecule has 0 aliphatic rings. The van der Waals surface area contributed by atoms with Gasteiger partial charge in [0.25, 0.3) is 0 Å². The first-order valence-electron chi connectivity index (χ1n) is 5.41. The summed E-state index contributed by atoms with van der Waals surface area (Å²) in [5.41, 5.74) is 1.62. The fourth-order valence-electron chi connectivity index (χ4n) is 1.48. The fourth-order valence-corrected chi connectivity index (χ4v) is 2.05. The van der Waals surface area contributed by atoms with E-state index in [0.29, 0.717) is 12.0 Å². The molecule has 0 amide bonds. The average molecular weight is 349 g/mol. The Morgan fingerprint density at radius 2 is 1.44 bits per heavy atom. The molecule has 0 fully saturated rings. The van der Waals surface area contributed by atoms with Gasteiger partial charge in [-0.25, -0.2) is 5.11 Å². The Bertz CT molecular complexity index is 369. The molecule has 0 heterocycles. The molecule has 1 aromatic carbocycles. The number of alkyl halides is 5. The Kier molecular flexibility index (Phi) is 6.37. The summed E-state index contributed by atoms with van der Waals surface area (Å²) in [5, 5.41) is 10.3. The molecule has 18 heavy (non-hydrogen) atoms. The highest BCUT2D eigenvalue weighted by atomic mass is 35.6. The summed E-state index contributed by atoms with van der Waals surface area (Å²) in [6.45, 7) is -0.0438. The highest BCUT2D eigenvalue weighted by molar-refractivity contribution is 6.75. The van der Waals surface area contributed by atoms with Crippen molar-refractivity contribution in [2.45, 2.75) is 27.4 Å². The molecule has 101 valence electrons. The summed E-state index contributed by atoms with van der Waals surface area (Å²) in [6, 6.07) is 7.20. The van der Waals surface area contributed by atoms with Crippen LogP contribution in [-0.2, 0) is 15.9 Å². The van der Waals surface area contributed by atoms with Crippen molar-refractivity contribution < 1.29 is 5.11 Å². The molecule has 0 aromatic heterocycles. The third-order valence-electron chi connectivity index (χ3n) is 2.53. The zero-order valence-corrected chi connectivity index (χ0v) is 13.2. The molecule has 0 spiro atoms. The number of benzene rings is 1. The number of hydrogen-bond acceptors (Lipinski definition) is 0. The predicted octanol–water partition coefficient (Wildman–Crippen LogP) is 5.44. The molecule has 0 saturated heterocycles. The van der Waals surface area contributed by atoms with Crippen LogP contribution in [0.5, 0.6) is 0 Å². The van der Waals surface area contributed by atoms with E-state index in [9.17, 15) is 5.11 Å². The maximum Gasteiger partial charge on any atom is 0.227 e. The minimum absolute atomic E-state index is 0.0438. The summed E-state index contributed by atoms with van der Waals surface area (Å²) in [5.74, 6) is 0. The normalized spacial score (nSPS) is 12.8. The Morgan fingerprint density at radius 3 is 1.89 bits per heavy atom. The van der Waals surface area contributed by atoms with Crippen molar-refractivity contribution in [3.8, 4) is 0 Å². The van der Waals surface area contributed by atoms with Gasteiger partial charge in [-0.05, 0) is 30.4 Å². The van der Waals surface area contributed by atoms with Gasteiger partial charge in [0.05, 0.1) is 6.61 Å². The van der Waals surface area contributed by atoms with Gasteiger partial charge in [0.15, 0.2) is 4.33 Å². The maximum atomic E-state index is 10.3. The molecule has 0 unspecified atom stereocenters. The molecule has 0 aliphatic carbocycles. The smallest absolute Gasteiger partial charge is 0.227 e. The average Bonchev–Trinajstić information content (AvgIpc) is 2.28. The Labute approximate surface area is 132 Å². The Hall–Kier alpha value is 0.630. The summed E-state index contributed by atoms with van der Waals surface area (Å²) in [6.07, 6.45) is 2.37. The fraction of sp³-hybridized carbons (Fsp3) is 0.500. The summed E-state index contributed by atoms with van der Waals surface area (Å²) >= 11 is 29.3. The molecule has 0 bridgehead atoms. The SMILES string of the molecule is [O]CCCCc1ccc(C(Cl)(Cl)C(Cl)(Cl)Cl)cc1. The van der Waals surface area contributed by atoms with Gasteiger partial charge in [-0.3, -0.25) is 0 Å². The van der Waals surface area contributed by atoms with Gasteiger partial charge in [0.2, 0.25) is 3.79 Å². The third-order valence-corrected chi connectivity index (χ3v) is 4.97. The van der Waals surface area contributed by atoms with E-state index in [-0.39, 0.29) is 6.61 Å². The number of aryl methyl sites for hydroxylation is 1. The van der Waals surface area contributed by atoms with Crippen molar-refractivity contribution >= 4 is 58.0 Å². The second-order valence-corrected chi connectivity index (χ2v) is 7.54. The molecule has 1 aromatic rings. The molecule has 0 N–H and O–H groups in total. The van der Waals surface area contributed by atoms with Crippen molar-refractivity contribution in [1.29, 1.82) is 0 Å². The van der Waals surface area contributed by atoms with E-state index in [4.69, 9.17) is 58.0 Å². The van der Waals surface area contributed by atoms with E-state index < -0.39 is 8.13 Å². The van der Waals surface area contributed by atoms with Gasteiger partial charge in [-0.1, -0.05) is 82.3 Å². The van der Waals surface area contributed by atoms with E-state index in [1.807, 2.05) is 12.1 Å². The molecule has 0 saturated carbocycles. The molecule has 1 rings (SSSR count). The van der Waals surface area contributed by atoms with Gasteiger partial charge >= 0.3 is 0 Å². The molecule has 0 atom stereocenters. The van der Waals surface area contributed by atoms with Crippen LogP contribution in [0.3, 0.4) is 0 Å². The second-order valence-electron chi connectivity index (χ2n) is 3.93. The lowest BCUT2D eigenvalue weighted by Gasteiger charge is -2.27. The summed E-state index contributed by atoms with van der Waals surface area (Å²) in [4.78, 5) is 0. The Morgan fingerprint density at radius 1 is 0.889 bits per heavy atom. The van der Waals surface area contributed by atoms with Gasteiger partial charge in [0, 0.05) is 0 Å². The second kappa shape index (κ2) is 6.88. The van der Waals surface area contributed by atoms with Crippen molar-refractivity contribution in [2.24, 2.45) is 0 Å². The maximum absolute atomic E-state index is 10.3. The van der Waals surface area contributed by atoms with E-state index in [2.05, 4.69) is 0 Å². The van der Waals surface area contributed by atoms with Crippen LogP contribution in [0, 0.1) is 0 Å². The van der Waals surface area contributed by atoms with Crippen LogP contribution < -0.4 is 0 Å². The minimum atomic E-state index is -1.81. The molecular formula is C12H12Cl5O. The highest BCUT2D eigenvalue weighted by Crippen LogP contribution is 2.52. The number of rotatable bonds is 5. The van der Waals surface area contributed by atoms with Crippen molar-refractivity contribution in [3.05, 3.63) is 35.4 Å². The van der Waals surface area contributed by atoms with Crippen molar-refractivity contribution in [1.82, 2.24) is 0 Å². The third kappa shape index (κ3) is 4.33. The quantitative estimate of drug-likeness (QED) is 0.498. The highest BCUT2D eigenvalue weighted by Gasteiger charge is 2.47. The first-order chi connectivity index (χ1) is 8.29. The summed E-state index contributed by atoms with van der Waals surface area (Å²) < 4.78 is -3.40. The number of hydrogen-bond donors (Lipinski definition) is 0. The lowest BCUT2D eigenvalue weighted by molar-refractivity contribution is 0.187. The van der Waals surface area contributed by atoms with Gasteiger partial charge in [-0.2, -0.15) is 0 Å². The lowest BCUT2D eigenvalue weighted by Crippen LogP contribution is -2.28. The van der Waals surface area contributed by atoms with E-state index >= 15 is 0 Å². The topological polar surface area (TPSA) is 19.9 Å². The van der Waals surface area contributed by atoms with Gasteiger partial charge in [-0.15, -0.1) is 0 Å². The molecule has 6 heteroatoms. The lowest BCUT2D eigenvalue weighted by atomic mass is 10.0. The minimum Gasteiger partial charge on any atom is -0.237 e. The number of halogens is 5. The van der Waals surface area contributed by atoms with E-state index in [1.54, 1.807) is 12.1 Å². The zero-order valence-electron chi connectivity index (χ0n) is 9.44. The van der Waals surface area contributed by atoms with Gasteiger partial charge < -0.3 is 0 Å². The van der Waals surface area contributed by atoms with Crippen LogP contribution >= 0.6 is 58.0 Å². The first kappa shape index (κ1) is 16.7. The van der Waals surface area contributed by atoms with Crippen LogP contribution in [0.15, 0.2) is 24.3 Å². The van der Waals surface area contributed by atoms with Crippen LogP contribution in [0.1, 0.15) is 24.0 Å².